The first kappa shape index (κ1) is 13.9. The molecule has 2 nitrogen and oxygen atoms in total. The fourth-order valence-corrected chi connectivity index (χ4v) is 1.41. The molecule has 1 N–H and O–H groups in total. The van der Waals surface area contributed by atoms with Gasteiger partial charge < -0.3 is 5.11 Å². The summed E-state index contributed by atoms with van der Waals surface area (Å²) in [4.78, 5) is 1.54. The lowest BCUT2D eigenvalue weighted by atomic mass is 10.1. The molecular weight excluding hydrogens is 238 g/mol. The second-order valence-corrected chi connectivity index (χ2v) is 3.77. The number of aliphatic hydroxyl groups excluding tert-OH is 1. The fourth-order valence-electron chi connectivity index (χ4n) is 1.41. The Morgan fingerprint density at radius 1 is 1.29 bits per heavy atom. The van der Waals surface area contributed by atoms with Gasteiger partial charge >= 0.3 is 6.18 Å². The minimum Gasteiger partial charge on any atom is -0.395 e. The first-order valence-electron chi connectivity index (χ1n) is 4.99. The molecule has 1 rings (SSSR count). The first-order valence-corrected chi connectivity index (χ1v) is 4.99. The number of halogens is 4. The zero-order valence-electron chi connectivity index (χ0n) is 9.26. The predicted octanol–water partition coefficient (Wildman–Crippen LogP) is 2.27. The third-order valence-electron chi connectivity index (χ3n) is 2.30. The molecule has 0 amide bonds. The van der Waals surface area contributed by atoms with Gasteiger partial charge in [-0.3, -0.25) is 4.90 Å². The number of nitrogens with zero attached hydrogens (tertiary/aromatic N) is 1. The highest BCUT2D eigenvalue weighted by Crippen LogP contribution is 2.30. The van der Waals surface area contributed by atoms with Crippen molar-refractivity contribution in [3.8, 4) is 0 Å². The summed E-state index contributed by atoms with van der Waals surface area (Å²) in [7, 11) is 1.59. The Balaban J connectivity index is 2.91. The van der Waals surface area contributed by atoms with E-state index in [0.717, 1.165) is 12.1 Å². The number of aliphatic hydroxyl groups is 1. The number of benzene rings is 1. The fraction of sp³-hybridized carbons (Fsp3) is 0.455. The summed E-state index contributed by atoms with van der Waals surface area (Å²) in [5, 5.41) is 8.65. The lowest BCUT2D eigenvalue weighted by Crippen LogP contribution is -2.22. The van der Waals surface area contributed by atoms with Gasteiger partial charge in [-0.2, -0.15) is 13.2 Å². The zero-order chi connectivity index (χ0) is 13.1. The van der Waals surface area contributed by atoms with Crippen molar-refractivity contribution in [3.63, 3.8) is 0 Å². The van der Waals surface area contributed by atoms with E-state index in [-0.39, 0.29) is 25.3 Å². The summed E-state index contributed by atoms with van der Waals surface area (Å²) in [6.45, 7) is 0.170. The average Bonchev–Trinajstić information content (AvgIpc) is 2.20. The van der Waals surface area contributed by atoms with E-state index in [1.165, 1.54) is 0 Å². The Labute approximate surface area is 96.5 Å². The van der Waals surface area contributed by atoms with E-state index in [1.54, 1.807) is 11.9 Å². The highest BCUT2D eigenvalue weighted by molar-refractivity contribution is 5.27. The van der Waals surface area contributed by atoms with Crippen LogP contribution in [0.15, 0.2) is 18.2 Å². The van der Waals surface area contributed by atoms with E-state index < -0.39 is 17.6 Å². The molecule has 6 heteroatoms. The van der Waals surface area contributed by atoms with Gasteiger partial charge in [0.1, 0.15) is 5.82 Å². The van der Waals surface area contributed by atoms with Crippen LogP contribution in [-0.4, -0.2) is 30.2 Å². The molecule has 0 spiro atoms. The average molecular weight is 251 g/mol. The lowest BCUT2D eigenvalue weighted by molar-refractivity contribution is -0.137. The Hall–Kier alpha value is -1.14. The number of likely N-dealkylation sites (N-methyl/N-ethyl adjacent to an activating group) is 1. The molecule has 0 heterocycles. The summed E-state index contributed by atoms with van der Waals surface area (Å²) in [5.74, 6) is -0.678. The van der Waals surface area contributed by atoms with Crippen molar-refractivity contribution >= 4 is 0 Å². The van der Waals surface area contributed by atoms with Crippen LogP contribution in [0.3, 0.4) is 0 Å². The summed E-state index contributed by atoms with van der Waals surface area (Å²) in [6, 6.07) is 2.32. The maximum absolute atomic E-state index is 13.3. The van der Waals surface area contributed by atoms with Crippen LogP contribution < -0.4 is 0 Å². The van der Waals surface area contributed by atoms with Crippen molar-refractivity contribution in [1.82, 2.24) is 4.90 Å². The minimum absolute atomic E-state index is 0.0241. The third kappa shape index (κ3) is 3.98. The second kappa shape index (κ2) is 5.46. The Bertz CT molecular complexity index is 378. The van der Waals surface area contributed by atoms with Crippen LogP contribution in [-0.2, 0) is 12.7 Å². The normalized spacial score (nSPS) is 12.2. The smallest absolute Gasteiger partial charge is 0.395 e. The molecule has 0 atom stereocenters. The molecule has 0 bridgehead atoms. The highest BCUT2D eigenvalue weighted by Gasteiger charge is 2.31. The van der Waals surface area contributed by atoms with Gasteiger partial charge in [-0.15, -0.1) is 0 Å². The Morgan fingerprint density at radius 2 is 1.94 bits per heavy atom. The van der Waals surface area contributed by atoms with Crippen LogP contribution in [0, 0.1) is 5.82 Å². The maximum atomic E-state index is 13.3. The zero-order valence-corrected chi connectivity index (χ0v) is 9.26. The van der Waals surface area contributed by atoms with E-state index in [2.05, 4.69) is 0 Å². The van der Waals surface area contributed by atoms with E-state index in [9.17, 15) is 17.6 Å². The maximum Gasteiger partial charge on any atom is 0.416 e. The van der Waals surface area contributed by atoms with Gasteiger partial charge in [0.25, 0.3) is 0 Å². The van der Waals surface area contributed by atoms with Crippen molar-refractivity contribution < 1.29 is 22.7 Å². The lowest BCUT2D eigenvalue weighted by Gasteiger charge is -2.16. The summed E-state index contributed by atoms with van der Waals surface area (Å²) < 4.78 is 50.5. The van der Waals surface area contributed by atoms with Crippen LogP contribution in [0.2, 0.25) is 0 Å². The van der Waals surface area contributed by atoms with Crippen molar-refractivity contribution in [2.75, 3.05) is 20.2 Å². The van der Waals surface area contributed by atoms with Crippen LogP contribution in [0.25, 0.3) is 0 Å². The summed E-state index contributed by atoms with van der Waals surface area (Å²) >= 11 is 0. The largest absolute Gasteiger partial charge is 0.416 e. The molecule has 0 saturated heterocycles. The molecule has 96 valence electrons. The molecule has 0 radical (unpaired) electrons. The number of rotatable bonds is 4. The van der Waals surface area contributed by atoms with Crippen molar-refractivity contribution in [3.05, 3.63) is 35.1 Å². The summed E-state index contributed by atoms with van der Waals surface area (Å²) in [5.41, 5.74) is -0.901. The number of hydrogen-bond donors (Lipinski definition) is 1. The number of hydrogen-bond acceptors (Lipinski definition) is 2. The number of alkyl halides is 3. The van der Waals surface area contributed by atoms with Crippen molar-refractivity contribution in [2.45, 2.75) is 12.7 Å². The second-order valence-electron chi connectivity index (χ2n) is 3.77. The van der Waals surface area contributed by atoms with Crippen molar-refractivity contribution in [2.24, 2.45) is 0 Å². The van der Waals surface area contributed by atoms with Gasteiger partial charge in [0.05, 0.1) is 12.2 Å². The van der Waals surface area contributed by atoms with Gasteiger partial charge in [-0.1, -0.05) is 0 Å². The quantitative estimate of drug-likeness (QED) is 0.830. The molecule has 0 aliphatic rings. The third-order valence-corrected chi connectivity index (χ3v) is 2.30. The molecule has 17 heavy (non-hydrogen) atoms. The highest BCUT2D eigenvalue weighted by atomic mass is 19.4. The molecule has 0 unspecified atom stereocenters. The Kier molecular flexibility index (Phi) is 4.47. The minimum atomic E-state index is -4.47. The monoisotopic (exact) mass is 251 g/mol. The molecular formula is C11H13F4NO. The van der Waals surface area contributed by atoms with E-state index >= 15 is 0 Å². The van der Waals surface area contributed by atoms with Crippen LogP contribution in [0.1, 0.15) is 11.1 Å². The molecule has 0 fully saturated rings. The van der Waals surface area contributed by atoms with E-state index in [4.69, 9.17) is 5.11 Å². The van der Waals surface area contributed by atoms with Gasteiger partial charge in [0.15, 0.2) is 0 Å². The molecule has 0 aliphatic carbocycles. The molecule has 0 aromatic heterocycles. The van der Waals surface area contributed by atoms with Gasteiger partial charge in [0, 0.05) is 18.7 Å². The van der Waals surface area contributed by atoms with Crippen LogP contribution >= 0.6 is 0 Å². The van der Waals surface area contributed by atoms with Crippen molar-refractivity contribution in [1.29, 1.82) is 0 Å². The van der Waals surface area contributed by atoms with E-state index in [1.807, 2.05) is 0 Å². The topological polar surface area (TPSA) is 23.5 Å². The molecule has 0 aliphatic heterocycles. The molecule has 0 saturated carbocycles. The first-order chi connectivity index (χ1) is 7.84. The van der Waals surface area contributed by atoms with Crippen LogP contribution in [0.5, 0.6) is 0 Å². The van der Waals surface area contributed by atoms with Crippen LogP contribution in [0.4, 0.5) is 17.6 Å². The SMILES string of the molecule is CN(CCO)Cc1cc(C(F)(F)F)ccc1F. The molecule has 1 aromatic carbocycles. The Morgan fingerprint density at radius 3 is 2.47 bits per heavy atom. The molecule has 1 aromatic rings. The predicted molar refractivity (Wildman–Crippen MR) is 54.8 cm³/mol. The van der Waals surface area contributed by atoms with E-state index in [0.29, 0.717) is 6.07 Å². The standard InChI is InChI=1S/C11H13F4NO/c1-16(4-5-17)7-8-6-9(11(13,14)15)2-3-10(8)12/h2-3,6,17H,4-5,7H2,1H3. The van der Waals surface area contributed by atoms with Gasteiger partial charge in [-0.05, 0) is 25.2 Å². The van der Waals surface area contributed by atoms with Gasteiger partial charge in [-0.25, -0.2) is 4.39 Å². The summed E-state index contributed by atoms with van der Waals surface area (Å²) in [6.07, 6.45) is -4.47. The van der Waals surface area contributed by atoms with Gasteiger partial charge in [0.2, 0.25) is 0 Å².